The molecule has 104 valence electrons. The van der Waals surface area contributed by atoms with Gasteiger partial charge in [0, 0.05) is 6.54 Å². The molecular formula is C12H28NO3P. The summed E-state index contributed by atoms with van der Waals surface area (Å²) in [6.07, 6.45) is 0.398. The second kappa shape index (κ2) is 6.33. The lowest BCUT2D eigenvalue weighted by atomic mass is 10.2. The number of hydrogen-bond acceptors (Lipinski definition) is 4. The van der Waals surface area contributed by atoms with Crippen molar-refractivity contribution in [3.05, 3.63) is 0 Å². The number of nitrogens with one attached hydrogen (secondary N) is 1. The van der Waals surface area contributed by atoms with Gasteiger partial charge in [0.1, 0.15) is 0 Å². The van der Waals surface area contributed by atoms with E-state index in [0.717, 1.165) is 6.54 Å². The maximum atomic E-state index is 12.6. The SMILES string of the molecule is CCNCCP(=O)(OC(C)(C)C)OC(C)(C)C. The summed E-state index contributed by atoms with van der Waals surface area (Å²) in [7, 11) is -3.05. The van der Waals surface area contributed by atoms with Gasteiger partial charge in [0.2, 0.25) is 0 Å². The van der Waals surface area contributed by atoms with Gasteiger partial charge >= 0.3 is 7.60 Å². The Morgan fingerprint density at radius 3 is 1.71 bits per heavy atom. The monoisotopic (exact) mass is 265 g/mol. The van der Waals surface area contributed by atoms with E-state index in [2.05, 4.69) is 5.32 Å². The van der Waals surface area contributed by atoms with Gasteiger partial charge in [0.05, 0.1) is 17.4 Å². The Balaban J connectivity index is 4.64. The predicted molar refractivity (Wildman–Crippen MR) is 72.7 cm³/mol. The molecule has 0 aliphatic carbocycles. The van der Waals surface area contributed by atoms with Crippen molar-refractivity contribution in [2.24, 2.45) is 0 Å². The second-order valence-electron chi connectivity index (χ2n) is 6.10. The van der Waals surface area contributed by atoms with Gasteiger partial charge in [-0.05, 0) is 48.1 Å². The maximum absolute atomic E-state index is 12.6. The van der Waals surface area contributed by atoms with Gasteiger partial charge in [-0.1, -0.05) is 6.92 Å². The van der Waals surface area contributed by atoms with Gasteiger partial charge in [-0.25, -0.2) is 0 Å². The third kappa shape index (κ3) is 9.78. The summed E-state index contributed by atoms with van der Waals surface area (Å²) in [6, 6.07) is 0. The third-order valence-corrected chi connectivity index (χ3v) is 4.06. The van der Waals surface area contributed by atoms with Crippen molar-refractivity contribution in [1.29, 1.82) is 0 Å². The summed E-state index contributed by atoms with van der Waals surface area (Å²) in [4.78, 5) is 0. The van der Waals surface area contributed by atoms with Crippen LogP contribution in [0.25, 0.3) is 0 Å². The van der Waals surface area contributed by atoms with E-state index < -0.39 is 18.8 Å². The van der Waals surface area contributed by atoms with Gasteiger partial charge in [-0.3, -0.25) is 4.57 Å². The molecule has 0 aliphatic heterocycles. The molecule has 4 nitrogen and oxygen atoms in total. The van der Waals surface area contributed by atoms with Crippen LogP contribution in [-0.4, -0.2) is 30.5 Å². The Labute approximate surface area is 106 Å². The minimum atomic E-state index is -3.05. The van der Waals surface area contributed by atoms with E-state index in [1.807, 2.05) is 48.5 Å². The Bertz CT molecular complexity index is 246. The summed E-state index contributed by atoms with van der Waals surface area (Å²) < 4.78 is 23.9. The molecule has 0 fully saturated rings. The Kier molecular flexibility index (Phi) is 6.37. The highest BCUT2D eigenvalue weighted by molar-refractivity contribution is 7.53. The molecule has 0 radical (unpaired) electrons. The highest BCUT2D eigenvalue weighted by atomic mass is 31.2. The summed E-state index contributed by atoms with van der Waals surface area (Å²) in [5, 5.41) is 3.14. The molecule has 17 heavy (non-hydrogen) atoms. The van der Waals surface area contributed by atoms with Crippen LogP contribution in [0, 0.1) is 0 Å². The molecule has 0 bridgehead atoms. The van der Waals surface area contributed by atoms with Gasteiger partial charge in [-0.2, -0.15) is 0 Å². The normalized spacial score (nSPS) is 14.1. The Hall–Kier alpha value is 0.110. The summed E-state index contributed by atoms with van der Waals surface area (Å²) in [6.45, 7) is 14.8. The van der Waals surface area contributed by atoms with Crippen LogP contribution in [0.5, 0.6) is 0 Å². The quantitative estimate of drug-likeness (QED) is 0.590. The van der Waals surface area contributed by atoms with Crippen LogP contribution in [0.15, 0.2) is 0 Å². The van der Waals surface area contributed by atoms with Crippen molar-refractivity contribution in [2.75, 3.05) is 19.3 Å². The predicted octanol–water partition coefficient (Wildman–Crippen LogP) is 3.42. The first-order chi connectivity index (χ1) is 7.47. The van der Waals surface area contributed by atoms with Crippen molar-refractivity contribution in [2.45, 2.75) is 59.7 Å². The topological polar surface area (TPSA) is 47.6 Å². The van der Waals surface area contributed by atoms with Gasteiger partial charge in [-0.15, -0.1) is 0 Å². The third-order valence-electron chi connectivity index (χ3n) is 1.64. The van der Waals surface area contributed by atoms with Crippen molar-refractivity contribution in [1.82, 2.24) is 5.32 Å². The second-order valence-corrected chi connectivity index (χ2v) is 8.13. The molecule has 0 aromatic heterocycles. The molecule has 0 aromatic rings. The highest BCUT2D eigenvalue weighted by Crippen LogP contribution is 2.53. The lowest BCUT2D eigenvalue weighted by Gasteiger charge is -2.32. The zero-order chi connectivity index (χ0) is 13.7. The largest absolute Gasteiger partial charge is 0.332 e. The maximum Gasteiger partial charge on any atom is 0.332 e. The van der Waals surface area contributed by atoms with Crippen LogP contribution < -0.4 is 5.32 Å². The first-order valence-electron chi connectivity index (χ1n) is 6.19. The lowest BCUT2D eigenvalue weighted by Crippen LogP contribution is -2.27. The Morgan fingerprint density at radius 2 is 1.41 bits per heavy atom. The number of hydrogen-bond donors (Lipinski definition) is 1. The fourth-order valence-corrected chi connectivity index (χ4v) is 3.66. The first-order valence-corrected chi connectivity index (χ1v) is 7.91. The van der Waals surface area contributed by atoms with Gasteiger partial charge in [0.15, 0.2) is 0 Å². The van der Waals surface area contributed by atoms with Gasteiger partial charge < -0.3 is 14.4 Å². The molecule has 0 spiro atoms. The van der Waals surface area contributed by atoms with Gasteiger partial charge in [0.25, 0.3) is 0 Å². The minimum Gasteiger partial charge on any atom is -0.316 e. The fraction of sp³-hybridized carbons (Fsp3) is 1.00. The van der Waals surface area contributed by atoms with E-state index in [1.54, 1.807) is 0 Å². The van der Waals surface area contributed by atoms with Crippen molar-refractivity contribution < 1.29 is 13.6 Å². The van der Waals surface area contributed by atoms with E-state index in [4.69, 9.17) is 9.05 Å². The standard InChI is InChI=1S/C12H28NO3P/c1-8-13-9-10-17(14,15-11(2,3)4)16-12(5,6)7/h13H,8-10H2,1-7H3. The van der Waals surface area contributed by atoms with E-state index in [-0.39, 0.29) is 0 Å². The zero-order valence-corrected chi connectivity index (χ0v) is 13.2. The van der Waals surface area contributed by atoms with Crippen molar-refractivity contribution in [3.63, 3.8) is 0 Å². The molecular weight excluding hydrogens is 237 g/mol. The molecule has 0 heterocycles. The van der Waals surface area contributed by atoms with Crippen LogP contribution in [0.1, 0.15) is 48.5 Å². The smallest absolute Gasteiger partial charge is 0.316 e. The average molecular weight is 265 g/mol. The number of rotatable bonds is 6. The molecule has 0 atom stereocenters. The van der Waals surface area contributed by atoms with Crippen LogP contribution in [0.2, 0.25) is 0 Å². The molecule has 1 N–H and O–H groups in total. The first kappa shape index (κ1) is 17.1. The zero-order valence-electron chi connectivity index (χ0n) is 12.3. The van der Waals surface area contributed by atoms with Crippen LogP contribution >= 0.6 is 7.60 Å². The molecule has 0 aromatic carbocycles. The Morgan fingerprint density at radius 1 is 1.00 bits per heavy atom. The molecule has 0 aliphatic rings. The van der Waals surface area contributed by atoms with Crippen molar-refractivity contribution >= 4 is 7.60 Å². The van der Waals surface area contributed by atoms with E-state index >= 15 is 0 Å². The molecule has 5 heteroatoms. The molecule has 0 saturated heterocycles. The van der Waals surface area contributed by atoms with Crippen LogP contribution in [-0.2, 0) is 13.6 Å². The molecule has 0 unspecified atom stereocenters. The van der Waals surface area contributed by atoms with Crippen LogP contribution in [0.3, 0.4) is 0 Å². The van der Waals surface area contributed by atoms with Crippen molar-refractivity contribution in [3.8, 4) is 0 Å². The summed E-state index contributed by atoms with van der Waals surface area (Å²) in [5.41, 5.74) is -0.931. The molecule has 0 saturated carbocycles. The van der Waals surface area contributed by atoms with Crippen LogP contribution in [0.4, 0.5) is 0 Å². The lowest BCUT2D eigenvalue weighted by molar-refractivity contribution is 0.0494. The summed E-state index contributed by atoms with van der Waals surface area (Å²) >= 11 is 0. The van der Waals surface area contributed by atoms with E-state index in [1.165, 1.54) is 0 Å². The average Bonchev–Trinajstić information content (AvgIpc) is 1.96. The summed E-state index contributed by atoms with van der Waals surface area (Å²) in [5.74, 6) is 0. The van der Waals surface area contributed by atoms with E-state index in [9.17, 15) is 4.57 Å². The van der Waals surface area contributed by atoms with E-state index in [0.29, 0.717) is 12.7 Å². The molecule has 0 rings (SSSR count). The minimum absolute atomic E-state index is 0.398. The fourth-order valence-electron chi connectivity index (χ4n) is 1.34. The molecule has 0 amide bonds. The highest BCUT2D eigenvalue weighted by Gasteiger charge is 2.34.